The number of benzene rings is 2. The molecule has 150 valence electrons. The van der Waals surface area contributed by atoms with Gasteiger partial charge in [0.2, 0.25) is 0 Å². The van der Waals surface area contributed by atoms with Crippen molar-refractivity contribution in [2.45, 2.75) is 25.9 Å². The Morgan fingerprint density at radius 1 is 1.14 bits per heavy atom. The summed E-state index contributed by atoms with van der Waals surface area (Å²) >= 11 is 0. The zero-order chi connectivity index (χ0) is 19.8. The number of piperazine rings is 1. The Bertz CT molecular complexity index is 1030. The van der Waals surface area contributed by atoms with E-state index in [2.05, 4.69) is 33.0 Å². The first-order valence-electron chi connectivity index (χ1n) is 10.5. The highest BCUT2D eigenvalue weighted by atomic mass is 16.5. The molecule has 1 fully saturated rings. The average Bonchev–Trinajstić information content (AvgIpc) is 3.40. The fraction of sp³-hybridized carbons (Fsp3) is 0.375. The molecule has 1 atom stereocenters. The Morgan fingerprint density at radius 2 is 1.97 bits per heavy atom. The van der Waals surface area contributed by atoms with Crippen LogP contribution in [-0.2, 0) is 13.0 Å². The number of fused-ring (bicyclic) bond motifs is 2. The Labute approximate surface area is 171 Å². The van der Waals surface area contributed by atoms with Crippen molar-refractivity contribution in [1.82, 2.24) is 14.8 Å². The summed E-state index contributed by atoms with van der Waals surface area (Å²) in [4.78, 5) is 21.1. The lowest BCUT2D eigenvalue weighted by Crippen LogP contribution is -2.51. The summed E-state index contributed by atoms with van der Waals surface area (Å²) in [7, 11) is 0. The number of carbonyl (C=O) groups excluding carboxylic acids is 1. The van der Waals surface area contributed by atoms with Gasteiger partial charge in [0.25, 0.3) is 0 Å². The first-order valence-corrected chi connectivity index (χ1v) is 10.5. The molecule has 0 unspecified atom stereocenters. The van der Waals surface area contributed by atoms with Crippen LogP contribution in [0.15, 0.2) is 48.7 Å². The van der Waals surface area contributed by atoms with E-state index < -0.39 is 0 Å². The van der Waals surface area contributed by atoms with Gasteiger partial charge >= 0.3 is 0 Å². The zero-order valence-electron chi connectivity index (χ0n) is 16.9. The molecule has 0 amide bonds. The number of aromatic nitrogens is 1. The van der Waals surface area contributed by atoms with Crippen molar-refractivity contribution in [3.63, 3.8) is 0 Å². The molecule has 2 aliphatic heterocycles. The number of rotatable bonds is 5. The van der Waals surface area contributed by atoms with Gasteiger partial charge in [-0.1, -0.05) is 30.3 Å². The molecule has 5 heteroatoms. The second-order valence-corrected chi connectivity index (χ2v) is 8.14. The minimum absolute atomic E-state index is 0.103. The molecular weight excluding hydrogens is 362 g/mol. The van der Waals surface area contributed by atoms with E-state index in [1.165, 1.54) is 11.1 Å². The van der Waals surface area contributed by atoms with Gasteiger partial charge < -0.3 is 9.72 Å². The summed E-state index contributed by atoms with van der Waals surface area (Å²) in [6.07, 6.45) is 2.88. The van der Waals surface area contributed by atoms with E-state index in [9.17, 15) is 4.79 Å². The van der Waals surface area contributed by atoms with Crippen LogP contribution in [0.4, 0.5) is 0 Å². The molecule has 0 saturated carbocycles. The van der Waals surface area contributed by atoms with E-state index in [1.807, 2.05) is 37.4 Å². The Kier molecular flexibility index (Phi) is 4.86. The Hall–Kier alpha value is -2.63. The fourth-order valence-electron chi connectivity index (χ4n) is 4.57. The van der Waals surface area contributed by atoms with Crippen molar-refractivity contribution >= 4 is 16.7 Å². The second-order valence-electron chi connectivity index (χ2n) is 8.14. The van der Waals surface area contributed by atoms with Crippen LogP contribution in [0.5, 0.6) is 5.75 Å². The molecule has 3 aromatic rings. The number of para-hydroxylation sites is 1. The van der Waals surface area contributed by atoms with E-state index in [1.54, 1.807) is 0 Å². The summed E-state index contributed by atoms with van der Waals surface area (Å²) in [5, 5.41) is 1.02. The monoisotopic (exact) mass is 389 g/mol. The van der Waals surface area contributed by atoms with Crippen LogP contribution in [0.25, 0.3) is 10.9 Å². The Balaban J connectivity index is 1.20. The fourth-order valence-corrected chi connectivity index (χ4v) is 4.57. The number of ketones is 1. The molecule has 1 aromatic heterocycles. The van der Waals surface area contributed by atoms with Crippen LogP contribution in [0, 0.1) is 0 Å². The molecule has 0 aliphatic carbocycles. The standard InChI is InChI=1S/C24H27N3O2/c1-17(24(28)21-15-25-22-5-3-2-4-20(21)22)27-11-9-26(10-12-27)16-18-6-7-23-19(14-18)8-13-29-23/h2-7,14-15,17,25H,8-13,16H2,1H3/t17-/m1/s1. The number of Topliss-reactive ketones (excluding diaryl/α,β-unsaturated/α-hetero) is 1. The van der Waals surface area contributed by atoms with Gasteiger partial charge in [0, 0.05) is 61.8 Å². The zero-order valence-corrected chi connectivity index (χ0v) is 16.9. The lowest BCUT2D eigenvalue weighted by molar-refractivity contribution is 0.0689. The van der Waals surface area contributed by atoms with E-state index in [0.717, 1.165) is 68.0 Å². The molecule has 1 saturated heterocycles. The minimum Gasteiger partial charge on any atom is -0.493 e. The number of aromatic amines is 1. The third kappa shape index (κ3) is 3.56. The summed E-state index contributed by atoms with van der Waals surface area (Å²) in [5.74, 6) is 1.25. The van der Waals surface area contributed by atoms with Crippen molar-refractivity contribution in [3.8, 4) is 5.75 Å². The van der Waals surface area contributed by atoms with Gasteiger partial charge in [0.05, 0.1) is 12.6 Å². The summed E-state index contributed by atoms with van der Waals surface area (Å²) in [6.45, 7) is 7.62. The first kappa shape index (κ1) is 18.4. The highest BCUT2D eigenvalue weighted by Gasteiger charge is 2.27. The minimum atomic E-state index is -0.103. The molecule has 0 bridgehead atoms. The van der Waals surface area contributed by atoms with Crippen molar-refractivity contribution < 1.29 is 9.53 Å². The number of carbonyl (C=O) groups is 1. The maximum absolute atomic E-state index is 13.1. The molecule has 29 heavy (non-hydrogen) atoms. The summed E-state index contributed by atoms with van der Waals surface area (Å²) < 4.78 is 5.61. The maximum atomic E-state index is 13.1. The number of hydrogen-bond acceptors (Lipinski definition) is 4. The van der Waals surface area contributed by atoms with Gasteiger partial charge in [0.1, 0.15) is 5.75 Å². The predicted octanol–water partition coefficient (Wildman–Crippen LogP) is 3.49. The van der Waals surface area contributed by atoms with Gasteiger partial charge in [-0.2, -0.15) is 0 Å². The van der Waals surface area contributed by atoms with Crippen LogP contribution in [0.2, 0.25) is 0 Å². The molecule has 3 heterocycles. The number of nitrogens with one attached hydrogen (secondary N) is 1. The number of hydrogen-bond donors (Lipinski definition) is 1. The van der Waals surface area contributed by atoms with Gasteiger partial charge in [-0.25, -0.2) is 0 Å². The van der Waals surface area contributed by atoms with Crippen LogP contribution in [0.3, 0.4) is 0 Å². The largest absolute Gasteiger partial charge is 0.493 e. The summed E-state index contributed by atoms with van der Waals surface area (Å²) in [6, 6.07) is 14.5. The topological polar surface area (TPSA) is 48.6 Å². The molecular formula is C24H27N3O2. The van der Waals surface area contributed by atoms with Crippen LogP contribution < -0.4 is 4.74 Å². The molecule has 2 aromatic carbocycles. The van der Waals surface area contributed by atoms with Crippen molar-refractivity contribution in [2.24, 2.45) is 0 Å². The number of ether oxygens (including phenoxy) is 1. The highest BCUT2D eigenvalue weighted by molar-refractivity contribution is 6.10. The molecule has 5 rings (SSSR count). The Morgan fingerprint density at radius 3 is 2.83 bits per heavy atom. The third-order valence-electron chi connectivity index (χ3n) is 6.35. The lowest BCUT2D eigenvalue weighted by Gasteiger charge is -2.37. The molecule has 0 radical (unpaired) electrons. The normalized spacial score (nSPS) is 18.5. The SMILES string of the molecule is C[C@H](C(=O)c1c[nH]c2ccccc12)N1CCN(Cc2ccc3c(c2)CCO3)CC1. The predicted molar refractivity (Wildman–Crippen MR) is 115 cm³/mol. The van der Waals surface area contributed by atoms with E-state index in [4.69, 9.17) is 4.74 Å². The van der Waals surface area contributed by atoms with Gasteiger partial charge in [0.15, 0.2) is 5.78 Å². The quantitative estimate of drug-likeness (QED) is 0.679. The second kappa shape index (κ2) is 7.65. The van der Waals surface area contributed by atoms with E-state index in [-0.39, 0.29) is 11.8 Å². The van der Waals surface area contributed by atoms with Gasteiger partial charge in [-0.15, -0.1) is 0 Å². The molecule has 2 aliphatic rings. The average molecular weight is 389 g/mol. The maximum Gasteiger partial charge on any atom is 0.181 e. The van der Waals surface area contributed by atoms with Crippen molar-refractivity contribution in [1.29, 1.82) is 0 Å². The lowest BCUT2D eigenvalue weighted by atomic mass is 10.0. The van der Waals surface area contributed by atoms with Gasteiger partial charge in [-0.05, 0) is 30.2 Å². The number of nitrogens with zero attached hydrogens (tertiary/aromatic N) is 2. The number of H-pyrrole nitrogens is 1. The van der Waals surface area contributed by atoms with Crippen LogP contribution in [0.1, 0.15) is 28.4 Å². The first-order chi connectivity index (χ1) is 14.2. The summed E-state index contributed by atoms with van der Waals surface area (Å²) in [5.41, 5.74) is 4.51. The highest BCUT2D eigenvalue weighted by Crippen LogP contribution is 2.27. The molecule has 5 nitrogen and oxygen atoms in total. The van der Waals surface area contributed by atoms with Crippen LogP contribution in [-0.4, -0.2) is 59.4 Å². The van der Waals surface area contributed by atoms with Gasteiger partial charge in [-0.3, -0.25) is 14.6 Å². The molecule has 0 spiro atoms. The van der Waals surface area contributed by atoms with E-state index in [0.29, 0.717) is 0 Å². The van der Waals surface area contributed by atoms with Crippen molar-refractivity contribution in [3.05, 3.63) is 65.4 Å². The van der Waals surface area contributed by atoms with Crippen LogP contribution >= 0.6 is 0 Å². The van der Waals surface area contributed by atoms with Crippen molar-refractivity contribution in [2.75, 3.05) is 32.8 Å². The smallest absolute Gasteiger partial charge is 0.181 e. The van der Waals surface area contributed by atoms with E-state index >= 15 is 0 Å². The third-order valence-corrected chi connectivity index (χ3v) is 6.35. The molecule has 1 N–H and O–H groups in total.